The molecule has 3 nitrogen and oxygen atoms in total. The highest BCUT2D eigenvalue weighted by Gasteiger charge is 2.63. The number of hydrogen-bond acceptors (Lipinski definition) is 3. The lowest BCUT2D eigenvalue weighted by Gasteiger charge is -2.36. The van der Waals surface area contributed by atoms with Crippen molar-refractivity contribution in [3.8, 4) is 6.07 Å². The molecule has 2 aromatic carbocycles. The van der Waals surface area contributed by atoms with Crippen molar-refractivity contribution in [3.63, 3.8) is 0 Å². The van der Waals surface area contributed by atoms with E-state index in [2.05, 4.69) is 29.2 Å². The van der Waals surface area contributed by atoms with E-state index in [1.807, 2.05) is 18.2 Å². The fourth-order valence-electron chi connectivity index (χ4n) is 5.14. The summed E-state index contributed by atoms with van der Waals surface area (Å²) in [6.45, 7) is 0.930. The largest absolute Gasteiger partial charge is 0.292 e. The van der Waals surface area contributed by atoms with Gasteiger partial charge >= 0.3 is 0 Å². The van der Waals surface area contributed by atoms with Gasteiger partial charge in [0, 0.05) is 11.6 Å². The molecule has 1 spiro atoms. The van der Waals surface area contributed by atoms with Gasteiger partial charge in [0.1, 0.15) is 5.54 Å². The zero-order valence-corrected chi connectivity index (χ0v) is 12.2. The van der Waals surface area contributed by atoms with Crippen LogP contribution in [0.3, 0.4) is 0 Å². The Hall–Kier alpha value is -2.18. The van der Waals surface area contributed by atoms with Crippen LogP contribution < -0.4 is 0 Å². The van der Waals surface area contributed by atoms with Crippen LogP contribution in [0.2, 0.25) is 0 Å². The van der Waals surface area contributed by atoms with Crippen molar-refractivity contribution >= 4 is 16.6 Å². The molecule has 2 heterocycles. The zero-order chi connectivity index (χ0) is 14.9. The fourth-order valence-corrected chi connectivity index (χ4v) is 5.14. The van der Waals surface area contributed by atoms with Gasteiger partial charge in [-0.2, -0.15) is 5.26 Å². The number of fused-ring (bicyclic) bond motifs is 3. The summed E-state index contributed by atoms with van der Waals surface area (Å²) >= 11 is 0. The maximum absolute atomic E-state index is 13.4. The van der Waals surface area contributed by atoms with E-state index in [1.165, 1.54) is 0 Å². The Kier molecular flexibility index (Phi) is 2.23. The third-order valence-corrected chi connectivity index (χ3v) is 5.90. The van der Waals surface area contributed by atoms with Gasteiger partial charge in [0.25, 0.3) is 0 Å². The summed E-state index contributed by atoms with van der Waals surface area (Å²) < 4.78 is 0. The van der Waals surface area contributed by atoms with Gasteiger partial charge in [-0.25, -0.2) is 0 Å². The summed E-state index contributed by atoms with van der Waals surface area (Å²) in [5, 5.41) is 12.0. The van der Waals surface area contributed by atoms with E-state index in [0.29, 0.717) is 6.04 Å². The highest BCUT2D eigenvalue weighted by Crippen LogP contribution is 2.56. The third kappa shape index (κ3) is 1.16. The van der Waals surface area contributed by atoms with Crippen molar-refractivity contribution in [1.82, 2.24) is 4.90 Å². The number of carbonyl (C=O) groups excluding carboxylic acids is 1. The lowest BCUT2D eigenvalue weighted by molar-refractivity contribution is 0.0619. The molecule has 108 valence electrons. The van der Waals surface area contributed by atoms with Crippen LogP contribution in [0.25, 0.3) is 10.8 Å². The molecule has 0 bridgehead atoms. The molecule has 22 heavy (non-hydrogen) atoms. The second kappa shape index (κ2) is 3.97. The van der Waals surface area contributed by atoms with Crippen LogP contribution in [-0.2, 0) is 5.54 Å². The molecule has 3 unspecified atom stereocenters. The molecule has 0 amide bonds. The lowest BCUT2D eigenvalue weighted by atomic mass is 9.78. The van der Waals surface area contributed by atoms with E-state index in [9.17, 15) is 10.1 Å². The molecule has 3 aliphatic rings. The third-order valence-electron chi connectivity index (χ3n) is 5.90. The molecule has 2 aromatic rings. The maximum atomic E-state index is 13.4. The second-order valence-electron chi connectivity index (χ2n) is 6.71. The number of nitrogens with zero attached hydrogens (tertiary/aromatic N) is 2. The number of Topliss-reactive ketones (excluding diaryl/α,β-unsaturated/α-hetero) is 1. The minimum absolute atomic E-state index is 0.148. The van der Waals surface area contributed by atoms with Crippen LogP contribution in [0.4, 0.5) is 0 Å². The van der Waals surface area contributed by atoms with Gasteiger partial charge in [-0.1, -0.05) is 36.4 Å². The molecule has 2 fully saturated rings. The Morgan fingerprint density at radius 3 is 2.86 bits per heavy atom. The summed E-state index contributed by atoms with van der Waals surface area (Å²) in [4.78, 5) is 15.8. The predicted molar refractivity (Wildman–Crippen MR) is 83.4 cm³/mol. The Balaban J connectivity index is 1.89. The number of ketones is 1. The summed E-state index contributed by atoms with van der Waals surface area (Å²) in [5.74, 6) is -0.0847. The molecule has 1 aliphatic carbocycles. The first-order valence-electron chi connectivity index (χ1n) is 8.02. The SMILES string of the molecule is N#CC1CC2CCCN2C12C(=O)c1cccc3cccc2c13. The molecular formula is C19H16N2O. The smallest absolute Gasteiger partial charge is 0.189 e. The van der Waals surface area contributed by atoms with Gasteiger partial charge in [0.15, 0.2) is 5.78 Å². The van der Waals surface area contributed by atoms with Crippen LogP contribution in [0, 0.1) is 17.2 Å². The minimum atomic E-state index is -0.723. The minimum Gasteiger partial charge on any atom is -0.292 e. The van der Waals surface area contributed by atoms with Gasteiger partial charge in [-0.15, -0.1) is 0 Å². The highest BCUT2D eigenvalue weighted by molar-refractivity contribution is 6.20. The van der Waals surface area contributed by atoms with E-state index in [-0.39, 0.29) is 11.7 Å². The van der Waals surface area contributed by atoms with Gasteiger partial charge in [0.2, 0.25) is 0 Å². The van der Waals surface area contributed by atoms with Crippen molar-refractivity contribution < 1.29 is 4.79 Å². The zero-order valence-electron chi connectivity index (χ0n) is 12.2. The predicted octanol–water partition coefficient (Wildman–Crippen LogP) is 3.24. The van der Waals surface area contributed by atoms with Crippen LogP contribution in [0.1, 0.15) is 35.2 Å². The average Bonchev–Trinajstić information content (AvgIpc) is 3.18. The Morgan fingerprint density at radius 2 is 2.05 bits per heavy atom. The molecule has 2 aliphatic heterocycles. The first kappa shape index (κ1) is 12.4. The van der Waals surface area contributed by atoms with Gasteiger partial charge < -0.3 is 0 Å². The van der Waals surface area contributed by atoms with Crippen LogP contribution in [-0.4, -0.2) is 23.3 Å². The lowest BCUT2D eigenvalue weighted by Crippen LogP contribution is -2.49. The van der Waals surface area contributed by atoms with E-state index in [0.717, 1.165) is 47.7 Å². The summed E-state index contributed by atoms with van der Waals surface area (Å²) in [5.41, 5.74) is 1.15. The van der Waals surface area contributed by atoms with Crippen molar-refractivity contribution in [2.24, 2.45) is 5.92 Å². The monoisotopic (exact) mass is 288 g/mol. The van der Waals surface area contributed by atoms with Crippen molar-refractivity contribution in [1.29, 1.82) is 5.26 Å². The van der Waals surface area contributed by atoms with E-state index >= 15 is 0 Å². The van der Waals surface area contributed by atoms with Crippen molar-refractivity contribution in [3.05, 3.63) is 47.5 Å². The Labute approximate surface area is 129 Å². The van der Waals surface area contributed by atoms with E-state index in [1.54, 1.807) is 0 Å². The molecule has 0 N–H and O–H groups in total. The first-order chi connectivity index (χ1) is 10.8. The van der Waals surface area contributed by atoms with Gasteiger partial charge in [-0.3, -0.25) is 9.69 Å². The quantitative estimate of drug-likeness (QED) is 0.747. The number of rotatable bonds is 0. The molecule has 0 saturated carbocycles. The van der Waals surface area contributed by atoms with E-state index in [4.69, 9.17) is 0 Å². The Bertz CT molecular complexity index is 860. The molecule has 0 radical (unpaired) electrons. The van der Waals surface area contributed by atoms with Crippen LogP contribution in [0.5, 0.6) is 0 Å². The standard InChI is InChI=1S/C19H16N2O/c20-11-13-10-14-6-3-9-21(14)19(13)16-8-2-5-12-4-1-7-15(17(12)16)18(19)22/h1-2,4-5,7-8,13-14H,3,6,9-10H2. The molecule has 5 rings (SSSR count). The highest BCUT2D eigenvalue weighted by atomic mass is 16.1. The number of benzene rings is 2. The summed E-state index contributed by atoms with van der Waals surface area (Å²) in [6.07, 6.45) is 3.07. The molecular weight excluding hydrogens is 272 g/mol. The van der Waals surface area contributed by atoms with Gasteiger partial charge in [-0.05, 0) is 42.1 Å². The number of nitriles is 1. The van der Waals surface area contributed by atoms with Gasteiger partial charge in [0.05, 0.1) is 12.0 Å². The molecule has 3 atom stereocenters. The van der Waals surface area contributed by atoms with Crippen LogP contribution >= 0.6 is 0 Å². The summed E-state index contributed by atoms with van der Waals surface area (Å²) in [6, 6.07) is 15.0. The molecule has 2 saturated heterocycles. The topological polar surface area (TPSA) is 44.1 Å². The van der Waals surface area contributed by atoms with E-state index < -0.39 is 5.54 Å². The van der Waals surface area contributed by atoms with Crippen molar-refractivity contribution in [2.45, 2.75) is 30.8 Å². The normalized spacial score (nSPS) is 32.8. The van der Waals surface area contributed by atoms with Crippen LogP contribution in [0.15, 0.2) is 36.4 Å². The number of carbonyl (C=O) groups is 1. The summed E-state index contributed by atoms with van der Waals surface area (Å²) in [7, 11) is 0. The Morgan fingerprint density at radius 1 is 1.23 bits per heavy atom. The number of hydrogen-bond donors (Lipinski definition) is 0. The van der Waals surface area contributed by atoms with Crippen molar-refractivity contribution in [2.75, 3.05) is 6.54 Å². The fraction of sp³-hybridized carbons (Fsp3) is 0.368. The molecule has 3 heteroatoms. The maximum Gasteiger partial charge on any atom is 0.189 e. The average molecular weight is 288 g/mol. The second-order valence-corrected chi connectivity index (χ2v) is 6.71. The first-order valence-corrected chi connectivity index (χ1v) is 8.02. The molecule has 0 aromatic heterocycles.